The molecule has 5 heteroatoms. The van der Waals surface area contributed by atoms with Crippen molar-refractivity contribution in [3.05, 3.63) is 23.3 Å². The zero-order valence-electron chi connectivity index (χ0n) is 18.1. The number of carbonyl (C=O) groups is 1. The van der Waals surface area contributed by atoms with Crippen LogP contribution in [0, 0.1) is 5.92 Å². The lowest BCUT2D eigenvalue weighted by atomic mass is 9.52. The Hall–Kier alpha value is -1.33. The third kappa shape index (κ3) is 2.23. The first-order valence-electron chi connectivity index (χ1n) is 10.8. The third-order valence-electron chi connectivity index (χ3n) is 8.54. The van der Waals surface area contributed by atoms with Gasteiger partial charge in [-0.15, -0.1) is 0 Å². The number of hydrogen-bond donors (Lipinski definition) is 0. The zero-order valence-corrected chi connectivity index (χ0v) is 19.1. The number of nitrogens with zero attached hydrogens (tertiary/aromatic N) is 1. The van der Waals surface area contributed by atoms with Crippen LogP contribution in [0.2, 0.25) is 18.1 Å². The van der Waals surface area contributed by atoms with Crippen molar-refractivity contribution in [1.82, 2.24) is 4.90 Å². The van der Waals surface area contributed by atoms with Crippen LogP contribution in [-0.2, 0) is 16.6 Å². The molecule has 5 rings (SSSR count). The molecule has 1 saturated carbocycles. The van der Waals surface area contributed by atoms with E-state index in [0.29, 0.717) is 24.2 Å². The van der Waals surface area contributed by atoms with Gasteiger partial charge < -0.3 is 14.1 Å². The van der Waals surface area contributed by atoms with Crippen LogP contribution in [0.5, 0.6) is 11.5 Å². The number of ketones is 1. The van der Waals surface area contributed by atoms with Crippen molar-refractivity contribution in [3.8, 4) is 11.5 Å². The molecule has 1 saturated heterocycles. The molecular formula is C23H33NO3Si. The fraction of sp³-hybridized carbons (Fsp3) is 0.696. The molecule has 4 nitrogen and oxygen atoms in total. The summed E-state index contributed by atoms with van der Waals surface area (Å²) in [6.07, 6.45) is 3.43. The second-order valence-corrected chi connectivity index (χ2v) is 15.7. The second kappa shape index (κ2) is 5.63. The molecular weight excluding hydrogens is 366 g/mol. The quantitative estimate of drug-likeness (QED) is 0.695. The SMILES string of the molecule is CN1CCC23c4c5ccc(O[Si](C)(C)C(C)(C)C)c4OC2C(=O)CCC3C1C5. The highest BCUT2D eigenvalue weighted by Gasteiger charge is 2.65. The fourth-order valence-electron chi connectivity index (χ4n) is 6.02. The summed E-state index contributed by atoms with van der Waals surface area (Å²) in [4.78, 5) is 15.5. The maximum atomic E-state index is 13.0. The maximum absolute atomic E-state index is 13.0. The first-order chi connectivity index (χ1) is 13.1. The van der Waals surface area contributed by atoms with E-state index in [9.17, 15) is 4.79 Å². The van der Waals surface area contributed by atoms with Gasteiger partial charge in [-0.3, -0.25) is 4.79 Å². The van der Waals surface area contributed by atoms with Crippen molar-refractivity contribution in [2.75, 3.05) is 13.6 Å². The minimum absolute atomic E-state index is 0.121. The average molecular weight is 400 g/mol. The van der Waals surface area contributed by atoms with E-state index in [2.05, 4.69) is 57.9 Å². The van der Waals surface area contributed by atoms with Gasteiger partial charge in [0.15, 0.2) is 17.6 Å². The summed E-state index contributed by atoms with van der Waals surface area (Å²) in [5.74, 6) is 2.58. The van der Waals surface area contributed by atoms with Gasteiger partial charge in [0.2, 0.25) is 0 Å². The van der Waals surface area contributed by atoms with Crippen LogP contribution >= 0.6 is 0 Å². The van der Waals surface area contributed by atoms with E-state index < -0.39 is 8.32 Å². The smallest absolute Gasteiger partial charge is 0.250 e. The molecule has 2 aliphatic heterocycles. The van der Waals surface area contributed by atoms with E-state index in [1.807, 2.05) is 0 Å². The number of carbonyl (C=O) groups excluding carboxylic acids is 1. The molecule has 2 bridgehead atoms. The molecule has 1 spiro atoms. The fourth-order valence-corrected chi connectivity index (χ4v) is 7.04. The molecule has 2 fully saturated rings. The zero-order chi connectivity index (χ0) is 20.1. The Labute approximate surface area is 169 Å². The third-order valence-corrected chi connectivity index (χ3v) is 12.9. The number of likely N-dealkylation sites (tertiary alicyclic amines) is 1. The van der Waals surface area contributed by atoms with Gasteiger partial charge in [-0.05, 0) is 68.5 Å². The van der Waals surface area contributed by atoms with Crippen LogP contribution < -0.4 is 9.16 Å². The van der Waals surface area contributed by atoms with Crippen LogP contribution in [0.1, 0.15) is 51.2 Å². The molecule has 1 aromatic rings. The van der Waals surface area contributed by atoms with Crippen LogP contribution in [-0.4, -0.2) is 44.7 Å². The van der Waals surface area contributed by atoms with Crippen molar-refractivity contribution in [2.24, 2.45) is 5.92 Å². The van der Waals surface area contributed by atoms with Crippen LogP contribution in [0.3, 0.4) is 0 Å². The van der Waals surface area contributed by atoms with Crippen molar-refractivity contribution in [3.63, 3.8) is 0 Å². The van der Waals surface area contributed by atoms with Gasteiger partial charge in [0.1, 0.15) is 5.75 Å². The minimum Gasteiger partial charge on any atom is -0.541 e. The Morgan fingerprint density at radius 2 is 2.04 bits per heavy atom. The van der Waals surface area contributed by atoms with Crippen molar-refractivity contribution in [2.45, 2.75) is 82.1 Å². The Kier molecular flexibility index (Phi) is 3.76. The molecule has 0 radical (unpaired) electrons. The van der Waals surface area contributed by atoms with Gasteiger partial charge in [-0.1, -0.05) is 26.8 Å². The Bertz CT molecular complexity index is 858. The van der Waals surface area contributed by atoms with E-state index in [1.54, 1.807) is 0 Å². The normalized spacial score (nSPS) is 34.1. The van der Waals surface area contributed by atoms with Gasteiger partial charge in [0.05, 0.1) is 0 Å². The topological polar surface area (TPSA) is 38.8 Å². The van der Waals surface area contributed by atoms with Gasteiger partial charge in [-0.2, -0.15) is 0 Å². The summed E-state index contributed by atoms with van der Waals surface area (Å²) in [6, 6.07) is 4.90. The predicted octanol–water partition coefficient (Wildman–Crippen LogP) is 4.31. The number of ether oxygens (including phenoxy) is 1. The Morgan fingerprint density at radius 3 is 2.75 bits per heavy atom. The van der Waals surface area contributed by atoms with Gasteiger partial charge in [0, 0.05) is 23.4 Å². The van der Waals surface area contributed by atoms with E-state index in [0.717, 1.165) is 37.3 Å². The number of rotatable bonds is 2. The Morgan fingerprint density at radius 1 is 1.29 bits per heavy atom. The molecule has 28 heavy (non-hydrogen) atoms. The van der Waals surface area contributed by atoms with Crippen molar-refractivity contribution in [1.29, 1.82) is 0 Å². The molecule has 2 heterocycles. The molecule has 0 aromatic heterocycles. The van der Waals surface area contributed by atoms with E-state index in [4.69, 9.17) is 9.16 Å². The predicted molar refractivity (Wildman–Crippen MR) is 113 cm³/mol. The lowest BCUT2D eigenvalue weighted by molar-refractivity contribution is -0.138. The molecule has 4 unspecified atom stereocenters. The highest BCUT2D eigenvalue weighted by atomic mass is 28.4. The molecule has 1 aromatic carbocycles. The van der Waals surface area contributed by atoms with E-state index in [1.165, 1.54) is 11.1 Å². The average Bonchev–Trinajstić information content (AvgIpc) is 2.96. The highest BCUT2D eigenvalue weighted by molar-refractivity contribution is 6.74. The largest absolute Gasteiger partial charge is 0.541 e. The molecule has 4 atom stereocenters. The summed E-state index contributed by atoms with van der Waals surface area (Å²) in [5.41, 5.74) is 2.58. The molecule has 2 aliphatic carbocycles. The lowest BCUT2D eigenvalue weighted by Gasteiger charge is -2.57. The summed E-state index contributed by atoms with van der Waals surface area (Å²) in [5, 5.41) is 0.121. The van der Waals surface area contributed by atoms with Crippen molar-refractivity contribution < 1.29 is 14.0 Å². The monoisotopic (exact) mass is 399 g/mol. The first kappa shape index (κ1) is 18.7. The van der Waals surface area contributed by atoms with Gasteiger partial charge >= 0.3 is 0 Å². The minimum atomic E-state index is -1.99. The summed E-state index contributed by atoms with van der Waals surface area (Å²) in [6.45, 7) is 12.4. The molecule has 0 amide bonds. The highest BCUT2D eigenvalue weighted by Crippen LogP contribution is 2.63. The standard InChI is InChI=1S/C23H33NO3Si/c1-22(2,3)28(5,6)27-18-10-7-14-13-16-15-8-9-17(25)21-23(15,11-12-24(16)4)19(14)20(18)26-21/h7,10,15-16,21H,8-9,11-13H2,1-6H3. The van der Waals surface area contributed by atoms with Crippen LogP contribution in [0.15, 0.2) is 12.1 Å². The Balaban J connectivity index is 1.67. The summed E-state index contributed by atoms with van der Waals surface area (Å²) in [7, 11) is 0.261. The van der Waals surface area contributed by atoms with Gasteiger partial charge in [-0.25, -0.2) is 0 Å². The summed E-state index contributed by atoms with van der Waals surface area (Å²) < 4.78 is 13.3. The first-order valence-corrected chi connectivity index (χ1v) is 13.7. The maximum Gasteiger partial charge on any atom is 0.250 e. The van der Waals surface area contributed by atoms with Gasteiger partial charge in [0.25, 0.3) is 8.32 Å². The number of likely N-dealkylation sites (N-methyl/N-ethyl adjacent to an activating group) is 1. The van der Waals surface area contributed by atoms with E-state index >= 15 is 0 Å². The lowest BCUT2D eigenvalue weighted by Crippen LogP contribution is -2.65. The molecule has 152 valence electrons. The van der Waals surface area contributed by atoms with Crippen LogP contribution in [0.25, 0.3) is 0 Å². The van der Waals surface area contributed by atoms with E-state index in [-0.39, 0.29) is 16.6 Å². The molecule has 0 N–H and O–H groups in total. The van der Waals surface area contributed by atoms with Crippen molar-refractivity contribution >= 4 is 14.1 Å². The van der Waals surface area contributed by atoms with Crippen LogP contribution in [0.4, 0.5) is 0 Å². The second-order valence-electron chi connectivity index (χ2n) is 10.9. The number of benzene rings is 1. The summed E-state index contributed by atoms with van der Waals surface area (Å²) >= 11 is 0. The molecule has 4 aliphatic rings. The number of hydrogen-bond acceptors (Lipinski definition) is 4. The number of piperidine rings is 1. The number of Topliss-reactive ketones (excluding diaryl/α,β-unsaturated/α-hetero) is 1.